The van der Waals surface area contributed by atoms with E-state index in [9.17, 15) is 10.1 Å². The number of piperazine rings is 1. The molecule has 4 rings (SSSR count). The van der Waals surface area contributed by atoms with Crippen LogP contribution < -0.4 is 9.64 Å². The zero-order chi connectivity index (χ0) is 24.8. The number of hydrogen-bond donors (Lipinski definition) is 0. The van der Waals surface area contributed by atoms with Crippen molar-refractivity contribution in [3.05, 3.63) is 95.9 Å². The molecule has 0 bridgehead atoms. The minimum Gasteiger partial charge on any atom is -0.487 e. The molecule has 5 nitrogen and oxygen atoms in total. The minimum absolute atomic E-state index is 0.115. The number of rotatable bonds is 6. The Morgan fingerprint density at radius 1 is 1.00 bits per heavy atom. The summed E-state index contributed by atoms with van der Waals surface area (Å²) in [6.45, 7) is 3.05. The molecule has 0 radical (unpaired) electrons. The Hall–Kier alpha value is -2.35. The van der Waals surface area contributed by atoms with E-state index >= 15 is 0 Å². The van der Waals surface area contributed by atoms with E-state index in [2.05, 4.69) is 77.6 Å². The van der Waals surface area contributed by atoms with Crippen molar-refractivity contribution in [1.82, 2.24) is 4.90 Å². The molecule has 1 amide bonds. The first-order valence-electron chi connectivity index (χ1n) is 11.0. The fourth-order valence-corrected chi connectivity index (χ4v) is 5.63. The SMILES string of the molecule is N#C/C(=C/c1cc(Br)c(OCc2ccc(I)cc2)c(Br)c1)C(=O)N1CCN(c2ccccc2)CC1. The number of para-hydroxylation sites is 1. The monoisotopic (exact) mass is 705 g/mol. The molecule has 1 saturated heterocycles. The van der Waals surface area contributed by atoms with Gasteiger partial charge in [0.05, 0.1) is 8.95 Å². The van der Waals surface area contributed by atoms with E-state index in [0.29, 0.717) is 25.4 Å². The quantitative estimate of drug-likeness (QED) is 0.164. The van der Waals surface area contributed by atoms with Crippen LogP contribution in [-0.2, 0) is 11.4 Å². The maximum Gasteiger partial charge on any atom is 0.264 e. The number of ether oxygens (including phenoxy) is 1. The van der Waals surface area contributed by atoms with Gasteiger partial charge in [0.15, 0.2) is 0 Å². The molecule has 0 aliphatic carbocycles. The highest BCUT2D eigenvalue weighted by molar-refractivity contribution is 14.1. The van der Waals surface area contributed by atoms with Crippen molar-refractivity contribution in [2.75, 3.05) is 31.1 Å². The molecule has 1 heterocycles. The first-order chi connectivity index (χ1) is 16.9. The summed E-state index contributed by atoms with van der Waals surface area (Å²) in [5.74, 6) is 0.425. The third-order valence-electron chi connectivity index (χ3n) is 5.67. The normalized spacial score (nSPS) is 13.9. The summed E-state index contributed by atoms with van der Waals surface area (Å²) in [6.07, 6.45) is 1.63. The van der Waals surface area contributed by atoms with E-state index in [1.165, 1.54) is 3.57 Å². The molecule has 1 aliphatic heterocycles. The second-order valence-electron chi connectivity index (χ2n) is 8.01. The highest BCUT2D eigenvalue weighted by Crippen LogP contribution is 2.36. The number of benzene rings is 3. The number of hydrogen-bond acceptors (Lipinski definition) is 4. The maximum absolute atomic E-state index is 13.1. The summed E-state index contributed by atoms with van der Waals surface area (Å²) in [4.78, 5) is 17.1. The zero-order valence-electron chi connectivity index (χ0n) is 18.8. The van der Waals surface area contributed by atoms with Crippen LogP contribution in [0.25, 0.3) is 6.08 Å². The number of anilines is 1. The summed E-state index contributed by atoms with van der Waals surface area (Å²) in [7, 11) is 0. The van der Waals surface area contributed by atoms with Gasteiger partial charge in [-0.15, -0.1) is 0 Å². The Balaban J connectivity index is 1.43. The van der Waals surface area contributed by atoms with Gasteiger partial charge in [-0.3, -0.25) is 4.79 Å². The molecule has 0 N–H and O–H groups in total. The molecule has 0 atom stereocenters. The second-order valence-corrected chi connectivity index (χ2v) is 11.0. The van der Waals surface area contributed by atoms with Gasteiger partial charge in [0.1, 0.15) is 24.0 Å². The number of nitrogens with zero attached hydrogens (tertiary/aromatic N) is 3. The molecular formula is C27H22Br2IN3O2. The standard InChI is InChI=1S/C27H22Br2IN3O2/c28-24-15-20(16-25(29)26(24)35-18-19-6-8-22(30)9-7-19)14-21(17-31)27(34)33-12-10-32(11-13-33)23-4-2-1-3-5-23/h1-9,14-16H,10-13,18H2/b21-14-. The van der Waals surface area contributed by atoms with E-state index in [1.807, 2.05) is 54.6 Å². The van der Waals surface area contributed by atoms with Gasteiger partial charge in [0.2, 0.25) is 0 Å². The molecule has 8 heteroatoms. The number of halogens is 3. The van der Waals surface area contributed by atoms with Gasteiger partial charge in [-0.2, -0.15) is 5.26 Å². The first-order valence-corrected chi connectivity index (χ1v) is 13.7. The Morgan fingerprint density at radius 2 is 1.63 bits per heavy atom. The molecule has 178 valence electrons. The van der Waals surface area contributed by atoms with E-state index in [4.69, 9.17) is 4.74 Å². The second kappa shape index (κ2) is 12.1. The van der Waals surface area contributed by atoms with Crippen LogP contribution in [0.4, 0.5) is 5.69 Å². The lowest BCUT2D eigenvalue weighted by molar-refractivity contribution is -0.126. The van der Waals surface area contributed by atoms with E-state index < -0.39 is 0 Å². The van der Waals surface area contributed by atoms with Gasteiger partial charge in [-0.05, 0) is 108 Å². The Labute approximate surface area is 235 Å². The van der Waals surface area contributed by atoms with Gasteiger partial charge in [0.25, 0.3) is 5.91 Å². The van der Waals surface area contributed by atoms with Crippen molar-refractivity contribution in [1.29, 1.82) is 5.26 Å². The lowest BCUT2D eigenvalue weighted by Crippen LogP contribution is -2.49. The molecule has 0 saturated carbocycles. The summed E-state index contributed by atoms with van der Waals surface area (Å²) in [5.41, 5.74) is 3.07. The molecule has 1 aliphatic rings. The first kappa shape index (κ1) is 25.7. The van der Waals surface area contributed by atoms with Crippen molar-refractivity contribution in [3.63, 3.8) is 0 Å². The molecule has 35 heavy (non-hydrogen) atoms. The third-order valence-corrected chi connectivity index (χ3v) is 7.56. The Morgan fingerprint density at radius 3 is 2.23 bits per heavy atom. The van der Waals surface area contributed by atoms with Gasteiger partial charge in [0, 0.05) is 35.4 Å². The average Bonchev–Trinajstić information content (AvgIpc) is 2.88. The summed E-state index contributed by atoms with van der Waals surface area (Å²) >= 11 is 9.41. The van der Waals surface area contributed by atoms with Crippen molar-refractivity contribution in [2.24, 2.45) is 0 Å². The number of amides is 1. The van der Waals surface area contributed by atoms with E-state index in [1.54, 1.807) is 11.0 Å². The summed E-state index contributed by atoms with van der Waals surface area (Å²) < 4.78 is 8.66. The molecule has 0 unspecified atom stereocenters. The molecule has 3 aromatic rings. The van der Waals surface area contributed by atoms with Crippen LogP contribution >= 0.6 is 54.5 Å². The topological polar surface area (TPSA) is 56.6 Å². The number of nitriles is 1. The fraction of sp³-hybridized carbons (Fsp3) is 0.185. The Bertz CT molecular complexity index is 1240. The van der Waals surface area contributed by atoms with Crippen molar-refractivity contribution in [3.8, 4) is 11.8 Å². The van der Waals surface area contributed by atoms with Crippen molar-refractivity contribution < 1.29 is 9.53 Å². The van der Waals surface area contributed by atoms with Gasteiger partial charge >= 0.3 is 0 Å². The van der Waals surface area contributed by atoms with Crippen molar-refractivity contribution >= 4 is 72.1 Å². The van der Waals surface area contributed by atoms with E-state index in [0.717, 1.165) is 38.8 Å². The van der Waals surface area contributed by atoms with Crippen LogP contribution in [0, 0.1) is 14.9 Å². The van der Waals surface area contributed by atoms with Gasteiger partial charge in [-0.25, -0.2) is 0 Å². The molecule has 0 spiro atoms. The Kier molecular flexibility index (Phi) is 8.87. The largest absolute Gasteiger partial charge is 0.487 e. The number of carbonyl (C=O) groups is 1. The predicted octanol–water partition coefficient (Wildman–Crippen LogP) is 6.65. The molecule has 1 fully saturated rings. The summed E-state index contributed by atoms with van der Waals surface area (Å²) in [5, 5.41) is 9.72. The van der Waals surface area contributed by atoms with Crippen LogP contribution in [0.2, 0.25) is 0 Å². The maximum atomic E-state index is 13.1. The average molecular weight is 707 g/mol. The molecule has 0 aromatic heterocycles. The zero-order valence-corrected chi connectivity index (χ0v) is 24.1. The van der Waals surface area contributed by atoms with Crippen LogP contribution in [0.1, 0.15) is 11.1 Å². The van der Waals surface area contributed by atoms with Crippen LogP contribution in [0.3, 0.4) is 0 Å². The summed E-state index contributed by atoms with van der Waals surface area (Å²) in [6, 6.07) is 24.1. The van der Waals surface area contributed by atoms with Crippen LogP contribution in [0.15, 0.2) is 81.2 Å². The number of carbonyl (C=O) groups excluding carboxylic acids is 1. The fourth-order valence-electron chi connectivity index (χ4n) is 3.82. The van der Waals surface area contributed by atoms with Crippen LogP contribution in [-0.4, -0.2) is 37.0 Å². The lowest BCUT2D eigenvalue weighted by atomic mass is 10.1. The minimum atomic E-state index is -0.244. The highest BCUT2D eigenvalue weighted by atomic mass is 127. The molecule has 3 aromatic carbocycles. The van der Waals surface area contributed by atoms with Gasteiger partial charge in [-0.1, -0.05) is 30.3 Å². The lowest BCUT2D eigenvalue weighted by Gasteiger charge is -2.36. The van der Waals surface area contributed by atoms with Gasteiger partial charge < -0.3 is 14.5 Å². The predicted molar refractivity (Wildman–Crippen MR) is 154 cm³/mol. The third kappa shape index (κ3) is 6.66. The smallest absolute Gasteiger partial charge is 0.264 e. The molecular weight excluding hydrogens is 685 g/mol. The van der Waals surface area contributed by atoms with Crippen molar-refractivity contribution in [2.45, 2.75) is 6.61 Å². The van der Waals surface area contributed by atoms with Crippen LogP contribution in [0.5, 0.6) is 5.75 Å². The highest BCUT2D eigenvalue weighted by Gasteiger charge is 2.24. The van der Waals surface area contributed by atoms with E-state index in [-0.39, 0.29) is 11.5 Å².